The molecule has 0 aliphatic heterocycles. The van der Waals surface area contributed by atoms with Gasteiger partial charge in [-0.2, -0.15) is 0 Å². The third-order valence-corrected chi connectivity index (χ3v) is 2.11. The fraction of sp³-hybridized carbons (Fsp3) is 0. The van der Waals surface area contributed by atoms with Gasteiger partial charge in [0.2, 0.25) is 5.88 Å². The maximum absolute atomic E-state index is 10.7. The first-order valence-corrected chi connectivity index (χ1v) is 4.62. The summed E-state index contributed by atoms with van der Waals surface area (Å²) in [7, 11) is -4.12. The Morgan fingerprint density at radius 2 is 2.42 bits per heavy atom. The first-order chi connectivity index (χ1) is 5.64. The standard InChI is InChI=1S/C4H5N2O4PS/c7-11(8,10-12)9-4-1-2-5-3-6-4/h1-3,12H,(H,7,8). The van der Waals surface area contributed by atoms with Gasteiger partial charge in [0.05, 0.1) is 0 Å². The molecule has 0 bridgehead atoms. The van der Waals surface area contributed by atoms with Crippen LogP contribution in [0.1, 0.15) is 0 Å². The minimum Gasteiger partial charge on any atom is -0.385 e. The van der Waals surface area contributed by atoms with Crippen molar-refractivity contribution in [1.82, 2.24) is 9.97 Å². The number of phosphoric acid groups is 1. The van der Waals surface area contributed by atoms with Crippen LogP contribution in [0, 0.1) is 0 Å². The Kier molecular flexibility index (Phi) is 3.05. The molecule has 0 saturated carbocycles. The van der Waals surface area contributed by atoms with Crippen LogP contribution in [0.25, 0.3) is 0 Å². The molecule has 1 unspecified atom stereocenters. The Balaban J connectivity index is 2.71. The molecular weight excluding hydrogens is 203 g/mol. The molecule has 0 fully saturated rings. The maximum Gasteiger partial charge on any atom is 0.539 e. The molecule has 0 aliphatic rings. The van der Waals surface area contributed by atoms with Crippen LogP contribution >= 0.6 is 20.7 Å². The molecule has 0 amide bonds. The normalized spacial score (nSPS) is 15.2. The Morgan fingerprint density at radius 1 is 1.67 bits per heavy atom. The van der Waals surface area contributed by atoms with E-state index in [0.717, 1.165) is 0 Å². The second-order valence-electron chi connectivity index (χ2n) is 1.69. The number of phosphoric ester groups is 1. The van der Waals surface area contributed by atoms with E-state index in [1.54, 1.807) is 0 Å². The quantitative estimate of drug-likeness (QED) is 0.434. The predicted molar refractivity (Wildman–Crippen MR) is 42.6 cm³/mol. The molecule has 0 saturated heterocycles. The Morgan fingerprint density at radius 3 is 2.92 bits per heavy atom. The molecular formula is C4H5N2O4PS. The number of hydrogen-bond donors (Lipinski definition) is 2. The average Bonchev–Trinajstić information content (AvgIpc) is 2.06. The van der Waals surface area contributed by atoms with Crippen molar-refractivity contribution in [3.05, 3.63) is 18.6 Å². The predicted octanol–water partition coefficient (Wildman–Crippen LogP) is 0.817. The lowest BCUT2D eigenvalue weighted by Crippen LogP contribution is -1.93. The molecule has 8 heteroatoms. The molecule has 6 nitrogen and oxygen atoms in total. The van der Waals surface area contributed by atoms with Crippen LogP contribution in [0.2, 0.25) is 0 Å². The lowest BCUT2D eigenvalue weighted by Gasteiger charge is -2.06. The van der Waals surface area contributed by atoms with Crippen molar-refractivity contribution >= 4 is 20.7 Å². The topological polar surface area (TPSA) is 81.5 Å². The Bertz CT molecular complexity index is 294. The van der Waals surface area contributed by atoms with Crippen LogP contribution in [-0.4, -0.2) is 14.9 Å². The Labute approximate surface area is 73.8 Å². The van der Waals surface area contributed by atoms with Crippen LogP contribution in [0.4, 0.5) is 0 Å². The number of rotatable bonds is 3. The first kappa shape index (κ1) is 9.47. The zero-order valence-corrected chi connectivity index (χ0v) is 7.48. The summed E-state index contributed by atoms with van der Waals surface area (Å²) in [6.07, 6.45) is 2.54. The van der Waals surface area contributed by atoms with E-state index in [1.165, 1.54) is 18.6 Å². The molecule has 0 spiro atoms. The number of thiol groups is 1. The Hall–Kier alpha value is -0.620. The largest absolute Gasteiger partial charge is 0.539 e. The van der Waals surface area contributed by atoms with Crippen molar-refractivity contribution in [3.63, 3.8) is 0 Å². The van der Waals surface area contributed by atoms with Gasteiger partial charge in [-0.1, -0.05) is 0 Å². The highest BCUT2D eigenvalue weighted by Crippen LogP contribution is 2.43. The highest BCUT2D eigenvalue weighted by Gasteiger charge is 2.21. The second kappa shape index (κ2) is 3.86. The lowest BCUT2D eigenvalue weighted by molar-refractivity contribution is 0.303. The molecule has 1 aromatic heterocycles. The molecule has 12 heavy (non-hydrogen) atoms. The van der Waals surface area contributed by atoms with Crippen molar-refractivity contribution in [2.75, 3.05) is 0 Å². The summed E-state index contributed by atoms with van der Waals surface area (Å²) in [5, 5.41) is 0. The molecule has 0 aromatic carbocycles. The third kappa shape index (κ3) is 2.78. The van der Waals surface area contributed by atoms with E-state index in [1.807, 2.05) is 0 Å². The molecule has 1 heterocycles. The maximum atomic E-state index is 10.7. The van der Waals surface area contributed by atoms with Gasteiger partial charge in [0.25, 0.3) is 0 Å². The number of aromatic nitrogens is 2. The summed E-state index contributed by atoms with van der Waals surface area (Å²) in [6.45, 7) is 0. The van der Waals surface area contributed by atoms with Gasteiger partial charge in [0, 0.05) is 12.3 Å². The van der Waals surface area contributed by atoms with Gasteiger partial charge in [-0.05, 0) is 12.9 Å². The molecule has 1 N–H and O–H groups in total. The van der Waals surface area contributed by atoms with E-state index >= 15 is 0 Å². The highest BCUT2D eigenvalue weighted by atomic mass is 32.1. The summed E-state index contributed by atoms with van der Waals surface area (Å²) < 4.78 is 19.0. The van der Waals surface area contributed by atoms with E-state index in [-0.39, 0.29) is 5.88 Å². The van der Waals surface area contributed by atoms with Gasteiger partial charge in [-0.15, -0.1) is 0 Å². The number of nitrogens with zero attached hydrogens (tertiary/aromatic N) is 2. The van der Waals surface area contributed by atoms with Crippen molar-refractivity contribution in [2.24, 2.45) is 0 Å². The minimum absolute atomic E-state index is 0.0510. The van der Waals surface area contributed by atoms with Gasteiger partial charge < -0.3 is 4.52 Å². The summed E-state index contributed by atoms with van der Waals surface area (Å²) >= 11 is 3.15. The van der Waals surface area contributed by atoms with Gasteiger partial charge >= 0.3 is 7.82 Å². The fourth-order valence-corrected chi connectivity index (χ4v) is 0.945. The van der Waals surface area contributed by atoms with Crippen molar-refractivity contribution in [3.8, 4) is 5.88 Å². The molecule has 1 atom stereocenters. The monoisotopic (exact) mass is 208 g/mol. The number of hydrogen-bond acceptors (Lipinski definition) is 6. The molecule has 0 radical (unpaired) electrons. The smallest absolute Gasteiger partial charge is 0.385 e. The van der Waals surface area contributed by atoms with Gasteiger partial charge in [0.1, 0.15) is 6.33 Å². The van der Waals surface area contributed by atoms with Gasteiger partial charge in [-0.3, -0.25) is 4.89 Å². The van der Waals surface area contributed by atoms with Gasteiger partial charge in [0.15, 0.2) is 0 Å². The summed E-state index contributed by atoms with van der Waals surface area (Å²) in [6, 6.07) is 1.32. The van der Waals surface area contributed by atoms with E-state index in [9.17, 15) is 4.57 Å². The fourth-order valence-electron chi connectivity index (χ4n) is 0.467. The van der Waals surface area contributed by atoms with Crippen LogP contribution in [0.5, 0.6) is 5.88 Å². The van der Waals surface area contributed by atoms with Gasteiger partial charge in [-0.25, -0.2) is 18.5 Å². The third-order valence-electron chi connectivity index (χ3n) is 0.867. The second-order valence-corrected chi connectivity index (χ2v) is 3.46. The van der Waals surface area contributed by atoms with E-state index < -0.39 is 7.82 Å². The van der Waals surface area contributed by atoms with Crippen LogP contribution in [0.3, 0.4) is 0 Å². The van der Waals surface area contributed by atoms with E-state index in [0.29, 0.717) is 0 Å². The minimum atomic E-state index is -4.12. The van der Waals surface area contributed by atoms with Crippen LogP contribution in [0.15, 0.2) is 18.6 Å². The molecule has 1 rings (SSSR count). The van der Waals surface area contributed by atoms with Crippen molar-refractivity contribution in [2.45, 2.75) is 0 Å². The zero-order chi connectivity index (χ0) is 9.03. The molecule has 1 aromatic rings. The van der Waals surface area contributed by atoms with E-state index in [4.69, 9.17) is 4.89 Å². The average molecular weight is 208 g/mol. The zero-order valence-electron chi connectivity index (χ0n) is 5.69. The summed E-state index contributed by atoms with van der Waals surface area (Å²) in [4.78, 5) is 15.9. The first-order valence-electron chi connectivity index (χ1n) is 2.75. The van der Waals surface area contributed by atoms with Crippen molar-refractivity contribution < 1.29 is 18.0 Å². The van der Waals surface area contributed by atoms with Crippen molar-refractivity contribution in [1.29, 1.82) is 0 Å². The lowest BCUT2D eigenvalue weighted by atomic mass is 10.6. The highest BCUT2D eigenvalue weighted by molar-refractivity contribution is 7.80. The molecule has 66 valence electrons. The van der Waals surface area contributed by atoms with Crippen LogP contribution < -0.4 is 4.52 Å². The summed E-state index contributed by atoms with van der Waals surface area (Å²) in [5.41, 5.74) is 0. The van der Waals surface area contributed by atoms with Crippen LogP contribution in [-0.2, 0) is 8.54 Å². The SMILES string of the molecule is O=P(O)(OS)Oc1ccncn1. The summed E-state index contributed by atoms with van der Waals surface area (Å²) in [5.74, 6) is -0.0510. The molecule has 0 aliphatic carbocycles. The van der Waals surface area contributed by atoms with E-state index in [2.05, 4.69) is 31.4 Å².